The Morgan fingerprint density at radius 3 is 2.80 bits per heavy atom. The van der Waals surface area contributed by atoms with Crippen LogP contribution in [0.4, 0.5) is 13.2 Å². The Labute approximate surface area is 82.4 Å². The van der Waals surface area contributed by atoms with E-state index in [1.807, 2.05) is 0 Å². The molecule has 0 unspecified atom stereocenters. The average molecular weight is 221 g/mol. The molecule has 1 rings (SSSR count). The first-order valence-electron chi connectivity index (χ1n) is 3.84. The number of hydrazone groups is 1. The molecule has 0 aliphatic carbocycles. The van der Waals surface area contributed by atoms with Crippen LogP contribution in [0.3, 0.4) is 0 Å². The Hall–Kier alpha value is -1.62. The molecule has 0 aromatic heterocycles. The zero-order chi connectivity index (χ0) is 11.7. The fourth-order valence-corrected chi connectivity index (χ4v) is 1.08. The summed E-state index contributed by atoms with van der Waals surface area (Å²) >= 11 is 0. The van der Waals surface area contributed by atoms with Gasteiger partial charge < -0.3 is 5.11 Å². The van der Waals surface area contributed by atoms with Gasteiger partial charge in [-0.1, -0.05) is 0 Å². The molecule has 1 N–H and O–H groups in total. The van der Waals surface area contributed by atoms with Crippen LogP contribution in [0.2, 0.25) is 0 Å². The molecular formula is C7H6F3N3O2. The van der Waals surface area contributed by atoms with E-state index in [0.29, 0.717) is 0 Å². The largest absolute Gasteiger partial charge is 0.438 e. The van der Waals surface area contributed by atoms with Crippen molar-refractivity contribution in [2.24, 2.45) is 5.10 Å². The summed E-state index contributed by atoms with van der Waals surface area (Å²) in [7, 11) is 0. The zero-order valence-electron chi connectivity index (χ0n) is 7.32. The predicted molar refractivity (Wildman–Crippen MR) is 41.2 cm³/mol. The van der Waals surface area contributed by atoms with Crippen molar-refractivity contribution in [3.63, 3.8) is 0 Å². The van der Waals surface area contributed by atoms with Crippen molar-refractivity contribution in [3.05, 3.63) is 0 Å². The Bertz CT molecular complexity index is 346. The van der Waals surface area contributed by atoms with Crippen LogP contribution in [-0.4, -0.2) is 34.1 Å². The lowest BCUT2D eigenvalue weighted by Crippen LogP contribution is -2.56. The third-order valence-corrected chi connectivity index (χ3v) is 1.84. The number of carbonyl (C=O) groups excluding carboxylic acids is 1. The standard InChI is InChI=1S/C7H6F3N3O2/c8-7(9,10)6(15)2-4-12-13(6)5(14)1-3-11/h4,15H,1-2H2/t6-/m1/s1. The molecule has 1 atom stereocenters. The van der Waals surface area contributed by atoms with Gasteiger partial charge in [0, 0.05) is 12.6 Å². The van der Waals surface area contributed by atoms with Gasteiger partial charge in [-0.15, -0.1) is 0 Å². The predicted octanol–water partition coefficient (Wildman–Crippen LogP) is 0.369. The number of rotatable bonds is 1. The number of amides is 1. The maximum Gasteiger partial charge on any atom is 0.438 e. The summed E-state index contributed by atoms with van der Waals surface area (Å²) in [4.78, 5) is 11.0. The highest BCUT2D eigenvalue weighted by Crippen LogP contribution is 2.38. The molecule has 1 heterocycles. The SMILES string of the molecule is N#CCC(=O)N1N=CC[C@@]1(O)C(F)(F)F. The van der Waals surface area contributed by atoms with Gasteiger partial charge in [-0.3, -0.25) is 4.79 Å². The van der Waals surface area contributed by atoms with E-state index >= 15 is 0 Å². The van der Waals surface area contributed by atoms with E-state index in [0.717, 1.165) is 6.21 Å². The highest BCUT2D eigenvalue weighted by Gasteiger charge is 2.61. The maximum absolute atomic E-state index is 12.4. The van der Waals surface area contributed by atoms with Crippen LogP contribution in [-0.2, 0) is 4.79 Å². The summed E-state index contributed by atoms with van der Waals surface area (Å²) in [6.07, 6.45) is -5.82. The van der Waals surface area contributed by atoms with Gasteiger partial charge in [0.1, 0.15) is 6.42 Å². The topological polar surface area (TPSA) is 76.7 Å². The number of nitriles is 1. The van der Waals surface area contributed by atoms with Crippen molar-refractivity contribution in [1.82, 2.24) is 5.01 Å². The second-order valence-corrected chi connectivity index (χ2v) is 2.86. The summed E-state index contributed by atoms with van der Waals surface area (Å²) in [6.45, 7) is 0. The number of hydrogen-bond donors (Lipinski definition) is 1. The Balaban J connectivity index is 2.95. The minimum Gasteiger partial charge on any atom is -0.362 e. The summed E-state index contributed by atoms with van der Waals surface area (Å²) in [5.41, 5.74) is -3.32. The van der Waals surface area contributed by atoms with Crippen molar-refractivity contribution in [1.29, 1.82) is 5.26 Å². The van der Waals surface area contributed by atoms with E-state index in [4.69, 9.17) is 5.26 Å². The van der Waals surface area contributed by atoms with Crippen LogP contribution in [0.25, 0.3) is 0 Å². The summed E-state index contributed by atoms with van der Waals surface area (Å²) in [5, 5.41) is 20.4. The molecule has 1 aliphatic heterocycles. The summed E-state index contributed by atoms with van der Waals surface area (Å²) < 4.78 is 37.2. The third kappa shape index (κ3) is 1.78. The molecule has 1 amide bonds. The zero-order valence-corrected chi connectivity index (χ0v) is 7.32. The van der Waals surface area contributed by atoms with E-state index in [-0.39, 0.29) is 5.01 Å². The first-order chi connectivity index (χ1) is 6.83. The van der Waals surface area contributed by atoms with Crippen molar-refractivity contribution < 1.29 is 23.1 Å². The number of alkyl halides is 3. The van der Waals surface area contributed by atoms with Crippen molar-refractivity contribution in [2.45, 2.75) is 24.7 Å². The fraction of sp³-hybridized carbons (Fsp3) is 0.571. The van der Waals surface area contributed by atoms with E-state index in [2.05, 4.69) is 5.10 Å². The summed E-state index contributed by atoms with van der Waals surface area (Å²) in [5.74, 6) is -1.19. The molecule has 0 saturated heterocycles. The molecule has 5 nitrogen and oxygen atoms in total. The van der Waals surface area contributed by atoms with Crippen molar-refractivity contribution in [3.8, 4) is 6.07 Å². The van der Waals surface area contributed by atoms with Crippen LogP contribution in [0.15, 0.2) is 5.10 Å². The lowest BCUT2D eigenvalue weighted by molar-refractivity contribution is -0.302. The highest BCUT2D eigenvalue weighted by molar-refractivity contribution is 5.81. The molecule has 0 bridgehead atoms. The molecule has 0 fully saturated rings. The monoisotopic (exact) mass is 221 g/mol. The highest BCUT2D eigenvalue weighted by atomic mass is 19.4. The van der Waals surface area contributed by atoms with Crippen LogP contribution in [0.1, 0.15) is 12.8 Å². The lowest BCUT2D eigenvalue weighted by atomic mass is 10.1. The molecule has 0 aromatic rings. The van der Waals surface area contributed by atoms with Gasteiger partial charge in [-0.25, -0.2) is 0 Å². The number of nitrogens with zero attached hydrogens (tertiary/aromatic N) is 3. The number of hydrogen-bond acceptors (Lipinski definition) is 4. The second-order valence-electron chi connectivity index (χ2n) is 2.86. The van der Waals surface area contributed by atoms with Gasteiger partial charge in [-0.2, -0.15) is 28.5 Å². The van der Waals surface area contributed by atoms with Crippen LogP contribution >= 0.6 is 0 Å². The van der Waals surface area contributed by atoms with Crippen molar-refractivity contribution >= 4 is 12.1 Å². The van der Waals surface area contributed by atoms with Gasteiger partial charge in [0.25, 0.3) is 11.6 Å². The van der Waals surface area contributed by atoms with E-state index in [1.54, 1.807) is 0 Å². The average Bonchev–Trinajstić information content (AvgIpc) is 2.48. The molecule has 8 heteroatoms. The quantitative estimate of drug-likeness (QED) is 0.694. The second kappa shape index (κ2) is 3.51. The van der Waals surface area contributed by atoms with Gasteiger partial charge in [-0.05, 0) is 0 Å². The molecule has 0 saturated carbocycles. The van der Waals surface area contributed by atoms with E-state index < -0.39 is 30.7 Å². The maximum atomic E-state index is 12.4. The van der Waals surface area contributed by atoms with Gasteiger partial charge in [0.2, 0.25) is 0 Å². The minimum atomic E-state index is -5.01. The molecule has 1 aliphatic rings. The van der Waals surface area contributed by atoms with E-state index in [1.165, 1.54) is 6.07 Å². The fourth-order valence-electron chi connectivity index (χ4n) is 1.08. The number of halogens is 3. The number of carbonyl (C=O) groups is 1. The van der Waals surface area contributed by atoms with Crippen LogP contribution in [0.5, 0.6) is 0 Å². The normalized spacial score (nSPS) is 25.4. The molecule has 0 aromatic carbocycles. The molecular weight excluding hydrogens is 215 g/mol. The smallest absolute Gasteiger partial charge is 0.362 e. The first-order valence-corrected chi connectivity index (χ1v) is 3.84. The minimum absolute atomic E-state index is 0.101. The molecule has 82 valence electrons. The Morgan fingerprint density at radius 1 is 1.73 bits per heavy atom. The van der Waals surface area contributed by atoms with Gasteiger partial charge in [0.15, 0.2) is 0 Å². The van der Waals surface area contributed by atoms with E-state index in [9.17, 15) is 23.1 Å². The first kappa shape index (κ1) is 11.5. The van der Waals surface area contributed by atoms with Crippen LogP contribution < -0.4 is 0 Å². The Morgan fingerprint density at radius 2 is 2.33 bits per heavy atom. The molecule has 0 spiro atoms. The van der Waals surface area contributed by atoms with Gasteiger partial charge >= 0.3 is 6.18 Å². The van der Waals surface area contributed by atoms with Crippen molar-refractivity contribution in [2.75, 3.05) is 0 Å². The summed E-state index contributed by atoms with van der Waals surface area (Å²) in [6, 6.07) is 1.39. The molecule has 15 heavy (non-hydrogen) atoms. The van der Waals surface area contributed by atoms with Crippen LogP contribution in [0, 0.1) is 11.3 Å². The number of aliphatic hydroxyl groups is 1. The lowest BCUT2D eigenvalue weighted by Gasteiger charge is -2.32. The Kier molecular flexibility index (Phi) is 2.68. The molecule has 0 radical (unpaired) electrons. The third-order valence-electron chi connectivity index (χ3n) is 1.84. The van der Waals surface area contributed by atoms with Gasteiger partial charge in [0.05, 0.1) is 6.07 Å².